The van der Waals surface area contributed by atoms with Gasteiger partial charge >= 0.3 is 6.09 Å². The Hall–Kier alpha value is -0.420. The number of piperidine rings is 1. The molecular weight excluding hydrogens is 296 g/mol. The van der Waals surface area contributed by atoms with E-state index >= 15 is 0 Å². The van der Waals surface area contributed by atoms with E-state index in [1.54, 1.807) is 0 Å². The minimum atomic E-state index is -0.406. The number of nitrogens with one attached hydrogen (secondary N) is 1. The molecule has 22 heavy (non-hydrogen) atoms. The molecule has 0 bridgehead atoms. The van der Waals surface area contributed by atoms with E-state index in [0.29, 0.717) is 17.2 Å². The normalized spacial score (nSPS) is 30.2. The molecule has 3 unspecified atom stereocenters. The molecule has 128 valence electrons. The smallest absolute Gasteiger partial charge is 0.410 e. The number of hydrogen-bond acceptors (Lipinski definition) is 4. The molecule has 2 fully saturated rings. The van der Waals surface area contributed by atoms with E-state index in [4.69, 9.17) is 4.74 Å². The summed E-state index contributed by atoms with van der Waals surface area (Å²) >= 11 is 2.08. The summed E-state index contributed by atoms with van der Waals surface area (Å²) in [5.74, 6) is 1.86. The number of carbonyl (C=O) groups excluding carboxylic acids is 1. The third kappa shape index (κ3) is 5.65. The molecule has 3 atom stereocenters. The van der Waals surface area contributed by atoms with Crippen LogP contribution in [0, 0.1) is 5.92 Å². The van der Waals surface area contributed by atoms with Gasteiger partial charge in [-0.15, -0.1) is 0 Å². The Kier molecular flexibility index (Phi) is 6.45. The van der Waals surface area contributed by atoms with E-state index in [1.165, 1.54) is 25.0 Å². The Labute approximate surface area is 139 Å². The second-order valence-corrected chi connectivity index (χ2v) is 9.15. The molecule has 0 aromatic rings. The molecule has 2 aliphatic heterocycles. The van der Waals surface area contributed by atoms with Crippen molar-refractivity contribution >= 4 is 17.9 Å². The van der Waals surface area contributed by atoms with Gasteiger partial charge in [-0.3, -0.25) is 0 Å². The molecule has 1 amide bonds. The van der Waals surface area contributed by atoms with Crippen LogP contribution in [0.1, 0.15) is 53.4 Å². The van der Waals surface area contributed by atoms with Crippen molar-refractivity contribution in [3.8, 4) is 0 Å². The zero-order valence-electron chi connectivity index (χ0n) is 14.6. The minimum absolute atomic E-state index is 0.154. The number of carbonyl (C=O) groups is 1. The molecule has 0 aromatic carbocycles. The van der Waals surface area contributed by atoms with Crippen LogP contribution in [0.3, 0.4) is 0 Å². The van der Waals surface area contributed by atoms with Crippen LogP contribution in [0.5, 0.6) is 0 Å². The maximum Gasteiger partial charge on any atom is 0.410 e. The first-order valence-corrected chi connectivity index (χ1v) is 9.73. The molecule has 0 radical (unpaired) electrons. The first-order valence-electron chi connectivity index (χ1n) is 8.68. The maximum absolute atomic E-state index is 12.2. The summed E-state index contributed by atoms with van der Waals surface area (Å²) in [6, 6.07) is 0.635. The van der Waals surface area contributed by atoms with E-state index < -0.39 is 5.60 Å². The summed E-state index contributed by atoms with van der Waals surface area (Å²) < 4.78 is 5.50. The lowest BCUT2D eigenvalue weighted by atomic mass is 9.97. The molecule has 2 heterocycles. The van der Waals surface area contributed by atoms with Gasteiger partial charge in [0.25, 0.3) is 0 Å². The van der Waals surface area contributed by atoms with Gasteiger partial charge in [0, 0.05) is 24.4 Å². The van der Waals surface area contributed by atoms with Crippen molar-refractivity contribution in [2.24, 2.45) is 5.92 Å². The Morgan fingerprint density at radius 2 is 2.09 bits per heavy atom. The molecular formula is C17H32N2O2S. The van der Waals surface area contributed by atoms with Crippen molar-refractivity contribution in [3.05, 3.63) is 0 Å². The summed E-state index contributed by atoms with van der Waals surface area (Å²) in [5, 5.41) is 4.46. The van der Waals surface area contributed by atoms with Crippen molar-refractivity contribution < 1.29 is 9.53 Å². The van der Waals surface area contributed by atoms with Gasteiger partial charge in [-0.1, -0.05) is 6.92 Å². The number of likely N-dealkylation sites (tertiary alicyclic amines) is 1. The molecule has 0 aromatic heterocycles. The predicted molar refractivity (Wildman–Crippen MR) is 93.5 cm³/mol. The van der Waals surface area contributed by atoms with Gasteiger partial charge in [0.1, 0.15) is 5.60 Å². The molecule has 5 heteroatoms. The van der Waals surface area contributed by atoms with Crippen LogP contribution < -0.4 is 5.32 Å². The highest BCUT2D eigenvalue weighted by Gasteiger charge is 2.28. The molecule has 2 rings (SSSR count). The lowest BCUT2D eigenvalue weighted by Crippen LogP contribution is -2.47. The Balaban J connectivity index is 1.76. The molecule has 0 saturated carbocycles. The second kappa shape index (κ2) is 7.91. The Morgan fingerprint density at radius 3 is 2.77 bits per heavy atom. The van der Waals surface area contributed by atoms with Gasteiger partial charge in [0.15, 0.2) is 0 Å². The van der Waals surface area contributed by atoms with Crippen molar-refractivity contribution in [1.29, 1.82) is 0 Å². The van der Waals surface area contributed by atoms with Crippen LogP contribution in [0.4, 0.5) is 4.79 Å². The van der Waals surface area contributed by atoms with Crippen molar-refractivity contribution in [2.75, 3.05) is 25.4 Å². The summed E-state index contributed by atoms with van der Waals surface area (Å²) in [4.78, 5) is 14.1. The van der Waals surface area contributed by atoms with Crippen molar-refractivity contribution in [1.82, 2.24) is 10.2 Å². The topological polar surface area (TPSA) is 41.6 Å². The van der Waals surface area contributed by atoms with Crippen molar-refractivity contribution in [2.45, 2.75) is 70.3 Å². The van der Waals surface area contributed by atoms with Gasteiger partial charge < -0.3 is 15.0 Å². The Bertz CT molecular complexity index is 370. The van der Waals surface area contributed by atoms with Gasteiger partial charge in [-0.2, -0.15) is 11.8 Å². The fourth-order valence-corrected chi connectivity index (χ4v) is 4.40. The quantitative estimate of drug-likeness (QED) is 0.861. The highest BCUT2D eigenvalue weighted by molar-refractivity contribution is 7.99. The highest BCUT2D eigenvalue weighted by atomic mass is 32.2. The number of amides is 1. The first kappa shape index (κ1) is 17.9. The van der Waals surface area contributed by atoms with Gasteiger partial charge in [-0.25, -0.2) is 4.79 Å². The van der Waals surface area contributed by atoms with Crippen molar-refractivity contribution in [3.63, 3.8) is 0 Å². The number of hydrogen-bond donors (Lipinski definition) is 1. The minimum Gasteiger partial charge on any atom is -0.444 e. The van der Waals surface area contributed by atoms with Gasteiger partial charge in [0.2, 0.25) is 0 Å². The summed E-state index contributed by atoms with van der Waals surface area (Å²) in [5.41, 5.74) is -0.406. The largest absolute Gasteiger partial charge is 0.444 e. The standard InChI is InChI=1S/C17H32N2O2S/c1-13-15(8-6-10-22-13)18-11-14-7-5-9-19(12-14)16(20)21-17(2,3)4/h13-15,18H,5-12H2,1-4H3. The number of ether oxygens (including phenoxy) is 1. The zero-order chi connectivity index (χ0) is 16.2. The third-order valence-electron chi connectivity index (χ3n) is 4.45. The summed E-state index contributed by atoms with van der Waals surface area (Å²) in [7, 11) is 0. The number of nitrogens with zero attached hydrogens (tertiary/aromatic N) is 1. The van der Waals surface area contributed by atoms with E-state index in [1.807, 2.05) is 25.7 Å². The average Bonchev–Trinajstić information content (AvgIpc) is 2.45. The SMILES string of the molecule is CC1SCCCC1NCC1CCCN(C(=O)OC(C)(C)C)C1. The number of thioether (sulfide) groups is 1. The maximum atomic E-state index is 12.2. The predicted octanol–water partition coefficient (Wildman–Crippen LogP) is 3.51. The second-order valence-electron chi connectivity index (χ2n) is 7.67. The van der Waals surface area contributed by atoms with Crippen LogP contribution >= 0.6 is 11.8 Å². The lowest BCUT2D eigenvalue weighted by Gasteiger charge is -2.36. The fourth-order valence-electron chi connectivity index (χ4n) is 3.23. The first-order chi connectivity index (χ1) is 10.3. The summed E-state index contributed by atoms with van der Waals surface area (Å²) in [6.45, 7) is 10.8. The molecule has 0 spiro atoms. The van der Waals surface area contributed by atoms with Crippen LogP contribution in [-0.4, -0.2) is 53.3 Å². The van der Waals surface area contributed by atoms with E-state index in [-0.39, 0.29) is 6.09 Å². The average molecular weight is 329 g/mol. The van der Waals surface area contributed by atoms with E-state index in [2.05, 4.69) is 24.0 Å². The molecule has 2 saturated heterocycles. The summed E-state index contributed by atoms with van der Waals surface area (Å²) in [6.07, 6.45) is 4.75. The number of rotatable bonds is 3. The molecule has 4 nitrogen and oxygen atoms in total. The molecule has 1 N–H and O–H groups in total. The van der Waals surface area contributed by atoms with Gasteiger partial charge in [-0.05, 0) is 64.7 Å². The third-order valence-corrected chi connectivity index (χ3v) is 5.82. The fraction of sp³-hybridized carbons (Fsp3) is 0.941. The molecule has 2 aliphatic rings. The van der Waals surface area contributed by atoms with Gasteiger partial charge in [0.05, 0.1) is 0 Å². The Morgan fingerprint density at radius 1 is 1.32 bits per heavy atom. The van der Waals surface area contributed by atoms with Crippen LogP contribution in [0.15, 0.2) is 0 Å². The van der Waals surface area contributed by atoms with E-state index in [0.717, 1.165) is 26.1 Å². The lowest BCUT2D eigenvalue weighted by molar-refractivity contribution is 0.0165. The molecule has 0 aliphatic carbocycles. The highest BCUT2D eigenvalue weighted by Crippen LogP contribution is 2.26. The monoisotopic (exact) mass is 328 g/mol. The van der Waals surface area contributed by atoms with Crippen LogP contribution in [-0.2, 0) is 4.74 Å². The zero-order valence-corrected chi connectivity index (χ0v) is 15.4. The van der Waals surface area contributed by atoms with Crippen LogP contribution in [0.2, 0.25) is 0 Å². The van der Waals surface area contributed by atoms with E-state index in [9.17, 15) is 4.79 Å². The van der Waals surface area contributed by atoms with Crippen LogP contribution in [0.25, 0.3) is 0 Å².